The number of hydrogen-bond donors (Lipinski definition) is 1. The number of rotatable bonds is 6. The summed E-state index contributed by atoms with van der Waals surface area (Å²) in [6.07, 6.45) is 0. The Labute approximate surface area is 133 Å². The molecule has 1 aromatic carbocycles. The summed E-state index contributed by atoms with van der Waals surface area (Å²) in [7, 11) is -1.86. The number of thiophene rings is 1. The molecule has 0 saturated heterocycles. The molecule has 1 aromatic heterocycles. The average Bonchev–Trinajstić information content (AvgIpc) is 2.83. The molecule has 2 rings (SSSR count). The van der Waals surface area contributed by atoms with Gasteiger partial charge in [-0.3, -0.25) is 0 Å². The van der Waals surface area contributed by atoms with Crippen molar-refractivity contribution in [2.75, 3.05) is 7.05 Å². The van der Waals surface area contributed by atoms with Crippen LogP contribution in [0.5, 0.6) is 0 Å². The molecule has 0 fully saturated rings. The molecule has 114 valence electrons. The third kappa shape index (κ3) is 4.52. The summed E-state index contributed by atoms with van der Waals surface area (Å²) in [5, 5.41) is 9.10. The Morgan fingerprint density at radius 1 is 1.24 bits per heavy atom. The predicted octanol–water partition coefficient (Wildman–Crippen LogP) is 2.86. The van der Waals surface area contributed by atoms with E-state index in [2.05, 4.69) is 0 Å². The molecular weight excluding hydrogens is 330 g/mol. The minimum absolute atomic E-state index is 0.0869. The Bertz CT molecular complexity index is 713. The fourth-order valence-corrected chi connectivity index (χ4v) is 4.27. The number of benzene rings is 1. The zero-order valence-electron chi connectivity index (χ0n) is 11.5. The zero-order chi connectivity index (χ0) is 15.5. The third-order valence-corrected chi connectivity index (χ3v) is 6.00. The van der Waals surface area contributed by atoms with Gasteiger partial charge in [-0.2, -0.15) is 4.31 Å². The van der Waals surface area contributed by atoms with Crippen molar-refractivity contribution < 1.29 is 13.5 Å². The fraction of sp³-hybridized carbons (Fsp3) is 0.286. The second-order valence-electron chi connectivity index (χ2n) is 4.70. The van der Waals surface area contributed by atoms with Crippen molar-refractivity contribution in [3.63, 3.8) is 0 Å². The number of halogens is 1. The van der Waals surface area contributed by atoms with E-state index in [0.717, 1.165) is 4.88 Å². The highest BCUT2D eigenvalue weighted by Crippen LogP contribution is 2.23. The molecule has 0 atom stereocenters. The first kappa shape index (κ1) is 16.5. The molecule has 0 aliphatic carbocycles. The van der Waals surface area contributed by atoms with Crippen LogP contribution in [-0.4, -0.2) is 24.9 Å². The van der Waals surface area contributed by atoms with Crippen LogP contribution >= 0.6 is 22.9 Å². The lowest BCUT2D eigenvalue weighted by atomic mass is 10.1. The topological polar surface area (TPSA) is 57.6 Å². The lowest BCUT2D eigenvalue weighted by Gasteiger charge is -2.16. The highest BCUT2D eigenvalue weighted by molar-refractivity contribution is 7.88. The Morgan fingerprint density at radius 3 is 2.57 bits per heavy atom. The number of aliphatic hydroxyl groups excluding tert-OH is 1. The summed E-state index contributed by atoms with van der Waals surface area (Å²) < 4.78 is 26.7. The predicted molar refractivity (Wildman–Crippen MR) is 85.8 cm³/mol. The molecule has 0 spiro atoms. The van der Waals surface area contributed by atoms with Crippen molar-refractivity contribution in [1.82, 2.24) is 4.31 Å². The van der Waals surface area contributed by atoms with Gasteiger partial charge < -0.3 is 5.11 Å². The molecule has 0 saturated carbocycles. The molecular formula is C14H16ClNO3S2. The van der Waals surface area contributed by atoms with Gasteiger partial charge >= 0.3 is 0 Å². The second kappa shape index (κ2) is 6.89. The van der Waals surface area contributed by atoms with E-state index in [4.69, 9.17) is 16.7 Å². The van der Waals surface area contributed by atoms with E-state index in [0.29, 0.717) is 22.0 Å². The lowest BCUT2D eigenvalue weighted by molar-refractivity contribution is 0.281. The van der Waals surface area contributed by atoms with E-state index in [1.807, 2.05) is 6.07 Å². The van der Waals surface area contributed by atoms with E-state index in [-0.39, 0.29) is 12.4 Å². The van der Waals surface area contributed by atoms with Crippen molar-refractivity contribution in [3.8, 4) is 0 Å². The van der Waals surface area contributed by atoms with Crippen LogP contribution in [-0.2, 0) is 28.9 Å². The Morgan fingerprint density at radius 2 is 1.95 bits per heavy atom. The molecule has 0 aliphatic heterocycles. The quantitative estimate of drug-likeness (QED) is 0.875. The van der Waals surface area contributed by atoms with Crippen LogP contribution in [0.4, 0.5) is 0 Å². The first-order valence-corrected chi connectivity index (χ1v) is 9.08. The van der Waals surface area contributed by atoms with E-state index >= 15 is 0 Å². The van der Waals surface area contributed by atoms with Gasteiger partial charge in [-0.05, 0) is 23.3 Å². The summed E-state index contributed by atoms with van der Waals surface area (Å²) in [5.41, 5.74) is 1.37. The summed E-state index contributed by atoms with van der Waals surface area (Å²) in [5.74, 6) is -0.0869. The summed E-state index contributed by atoms with van der Waals surface area (Å²) in [6.45, 7) is 0.205. The van der Waals surface area contributed by atoms with Crippen LogP contribution in [0.25, 0.3) is 0 Å². The minimum atomic E-state index is -3.41. The number of aliphatic hydroxyl groups is 1. The van der Waals surface area contributed by atoms with Gasteiger partial charge in [0.2, 0.25) is 10.0 Å². The standard InChI is InChI=1S/C14H16ClNO3S2/c1-16(8-13-5-6-14(15)20-13)21(18,19)10-12-4-2-3-11(7-12)9-17/h2-7,17H,8-10H2,1H3. The number of nitrogens with zero attached hydrogens (tertiary/aromatic N) is 1. The highest BCUT2D eigenvalue weighted by atomic mass is 35.5. The maximum Gasteiger partial charge on any atom is 0.218 e. The van der Waals surface area contributed by atoms with Crippen molar-refractivity contribution in [2.24, 2.45) is 0 Å². The SMILES string of the molecule is CN(Cc1ccc(Cl)s1)S(=O)(=O)Cc1cccc(CO)c1. The zero-order valence-corrected chi connectivity index (χ0v) is 13.9. The van der Waals surface area contributed by atoms with Gasteiger partial charge in [-0.1, -0.05) is 35.9 Å². The van der Waals surface area contributed by atoms with Gasteiger partial charge in [-0.25, -0.2) is 8.42 Å². The van der Waals surface area contributed by atoms with Gasteiger partial charge in [0, 0.05) is 18.5 Å². The molecule has 1 N–H and O–H groups in total. The van der Waals surface area contributed by atoms with E-state index in [9.17, 15) is 8.42 Å². The monoisotopic (exact) mass is 345 g/mol. The van der Waals surface area contributed by atoms with Gasteiger partial charge in [0.25, 0.3) is 0 Å². The van der Waals surface area contributed by atoms with E-state index < -0.39 is 10.0 Å². The summed E-state index contributed by atoms with van der Waals surface area (Å²) in [6, 6.07) is 10.5. The van der Waals surface area contributed by atoms with Crippen molar-refractivity contribution >= 4 is 33.0 Å². The van der Waals surface area contributed by atoms with Crippen LogP contribution in [0, 0.1) is 0 Å². The van der Waals surface area contributed by atoms with Crippen LogP contribution in [0.3, 0.4) is 0 Å². The Kier molecular flexibility index (Phi) is 5.40. The van der Waals surface area contributed by atoms with Gasteiger partial charge in [0.1, 0.15) is 0 Å². The minimum Gasteiger partial charge on any atom is -0.392 e. The molecule has 0 bridgehead atoms. The molecule has 7 heteroatoms. The van der Waals surface area contributed by atoms with Crippen LogP contribution < -0.4 is 0 Å². The Hall–Kier alpha value is -0.920. The van der Waals surface area contributed by atoms with Crippen LogP contribution in [0.1, 0.15) is 16.0 Å². The smallest absolute Gasteiger partial charge is 0.218 e. The molecule has 1 heterocycles. The van der Waals surface area contributed by atoms with Crippen LogP contribution in [0.15, 0.2) is 36.4 Å². The van der Waals surface area contributed by atoms with Gasteiger partial charge in [0.05, 0.1) is 16.7 Å². The summed E-state index contributed by atoms with van der Waals surface area (Å²) in [4.78, 5) is 0.898. The van der Waals surface area contributed by atoms with Crippen LogP contribution in [0.2, 0.25) is 4.34 Å². The van der Waals surface area contributed by atoms with Crippen molar-refractivity contribution in [1.29, 1.82) is 0 Å². The second-order valence-corrected chi connectivity index (χ2v) is 8.57. The van der Waals surface area contributed by atoms with E-state index in [1.54, 1.807) is 37.4 Å². The maximum absolute atomic E-state index is 12.3. The fourth-order valence-electron chi connectivity index (χ4n) is 1.89. The lowest BCUT2D eigenvalue weighted by Crippen LogP contribution is -2.27. The maximum atomic E-state index is 12.3. The molecule has 0 unspecified atom stereocenters. The number of sulfonamides is 1. The first-order valence-electron chi connectivity index (χ1n) is 6.27. The number of hydrogen-bond acceptors (Lipinski definition) is 4. The highest BCUT2D eigenvalue weighted by Gasteiger charge is 2.19. The van der Waals surface area contributed by atoms with Gasteiger partial charge in [0.15, 0.2) is 0 Å². The normalized spacial score (nSPS) is 12.0. The molecule has 0 radical (unpaired) electrons. The third-order valence-electron chi connectivity index (χ3n) is 3.01. The molecule has 4 nitrogen and oxygen atoms in total. The average molecular weight is 346 g/mol. The summed E-state index contributed by atoms with van der Waals surface area (Å²) >= 11 is 7.22. The Balaban J connectivity index is 2.09. The molecule has 2 aromatic rings. The largest absolute Gasteiger partial charge is 0.392 e. The first-order chi connectivity index (χ1) is 9.90. The van der Waals surface area contributed by atoms with Crippen molar-refractivity contribution in [2.45, 2.75) is 18.9 Å². The van der Waals surface area contributed by atoms with E-state index in [1.165, 1.54) is 15.6 Å². The molecule has 21 heavy (non-hydrogen) atoms. The van der Waals surface area contributed by atoms with Crippen molar-refractivity contribution in [3.05, 3.63) is 56.7 Å². The molecule has 0 amide bonds. The molecule has 0 aliphatic rings. The van der Waals surface area contributed by atoms with Gasteiger partial charge in [-0.15, -0.1) is 11.3 Å².